The minimum atomic E-state index is 0.574. The molecule has 0 saturated carbocycles. The third-order valence-corrected chi connectivity index (χ3v) is 3.98. The molecule has 126 valence electrons. The van der Waals surface area contributed by atoms with Crippen molar-refractivity contribution in [3.63, 3.8) is 0 Å². The fourth-order valence-corrected chi connectivity index (χ4v) is 2.67. The van der Waals surface area contributed by atoms with E-state index in [9.17, 15) is 0 Å². The molecule has 1 aliphatic heterocycles. The molecule has 6 heteroatoms. The highest BCUT2D eigenvalue weighted by Gasteiger charge is 2.12. The van der Waals surface area contributed by atoms with Crippen LogP contribution >= 0.6 is 12.2 Å². The predicted octanol–water partition coefficient (Wildman–Crippen LogP) is 2.88. The Balaban J connectivity index is 1.46. The standard InChI is InChI=1S/C18H21N3O2S/c1-21(15-5-3-2-4-6-15)10-9-19-18(24)20-14-7-8-16-17(13-14)23-12-11-22-16/h2-8,13H,9-12H2,1H3,(H2,19,20,24). The summed E-state index contributed by atoms with van der Waals surface area (Å²) in [5.74, 6) is 1.52. The Labute approximate surface area is 147 Å². The summed E-state index contributed by atoms with van der Waals surface area (Å²) in [5, 5.41) is 6.98. The number of nitrogens with zero attached hydrogens (tertiary/aromatic N) is 1. The van der Waals surface area contributed by atoms with E-state index in [0.29, 0.717) is 18.3 Å². The number of nitrogens with one attached hydrogen (secondary N) is 2. The van der Waals surface area contributed by atoms with Crippen LogP contribution in [0.3, 0.4) is 0 Å². The molecule has 0 fully saturated rings. The zero-order chi connectivity index (χ0) is 16.8. The van der Waals surface area contributed by atoms with Crippen LogP contribution in [0.25, 0.3) is 0 Å². The Morgan fingerprint density at radius 1 is 1.08 bits per heavy atom. The Bertz CT molecular complexity index is 694. The molecule has 1 heterocycles. The molecule has 3 rings (SSSR count). The van der Waals surface area contributed by atoms with Crippen LogP contribution in [0.4, 0.5) is 11.4 Å². The van der Waals surface area contributed by atoms with Gasteiger partial charge in [-0.3, -0.25) is 0 Å². The maximum atomic E-state index is 5.57. The van der Waals surface area contributed by atoms with Gasteiger partial charge in [0.15, 0.2) is 16.6 Å². The lowest BCUT2D eigenvalue weighted by Crippen LogP contribution is -2.35. The lowest BCUT2D eigenvalue weighted by molar-refractivity contribution is 0.171. The normalized spacial score (nSPS) is 12.4. The van der Waals surface area contributed by atoms with E-state index >= 15 is 0 Å². The minimum absolute atomic E-state index is 0.574. The summed E-state index contributed by atoms with van der Waals surface area (Å²) in [6.07, 6.45) is 0. The Hall–Kier alpha value is -2.47. The first-order valence-corrected chi connectivity index (χ1v) is 8.34. The van der Waals surface area contributed by atoms with Gasteiger partial charge in [-0.15, -0.1) is 0 Å². The van der Waals surface area contributed by atoms with E-state index < -0.39 is 0 Å². The van der Waals surface area contributed by atoms with Crippen LogP contribution in [0.5, 0.6) is 11.5 Å². The number of benzene rings is 2. The minimum Gasteiger partial charge on any atom is -0.486 e. The third-order valence-electron chi connectivity index (χ3n) is 3.73. The van der Waals surface area contributed by atoms with Gasteiger partial charge < -0.3 is 25.0 Å². The van der Waals surface area contributed by atoms with Crippen molar-refractivity contribution >= 4 is 28.7 Å². The summed E-state index contributed by atoms with van der Waals surface area (Å²) in [7, 11) is 2.06. The van der Waals surface area contributed by atoms with Crippen LogP contribution < -0.4 is 25.0 Å². The van der Waals surface area contributed by atoms with E-state index in [1.54, 1.807) is 0 Å². The second kappa shape index (κ2) is 7.88. The zero-order valence-corrected chi connectivity index (χ0v) is 14.4. The van der Waals surface area contributed by atoms with Gasteiger partial charge in [-0.25, -0.2) is 0 Å². The van der Waals surface area contributed by atoms with Crippen molar-refractivity contribution in [2.45, 2.75) is 0 Å². The molecule has 0 spiro atoms. The van der Waals surface area contributed by atoms with E-state index in [1.807, 2.05) is 36.4 Å². The second-order valence-corrected chi connectivity index (χ2v) is 5.90. The number of likely N-dealkylation sites (N-methyl/N-ethyl adjacent to an activating group) is 1. The van der Waals surface area contributed by atoms with E-state index in [0.717, 1.165) is 30.3 Å². The van der Waals surface area contributed by atoms with Crippen molar-refractivity contribution in [1.29, 1.82) is 0 Å². The predicted molar refractivity (Wildman–Crippen MR) is 101 cm³/mol. The summed E-state index contributed by atoms with van der Waals surface area (Å²) >= 11 is 5.35. The summed E-state index contributed by atoms with van der Waals surface area (Å²) in [6, 6.07) is 16.0. The molecule has 1 aliphatic rings. The van der Waals surface area contributed by atoms with Gasteiger partial charge in [0.05, 0.1) is 0 Å². The van der Waals surface area contributed by atoms with Crippen LogP contribution in [-0.2, 0) is 0 Å². The number of thiocarbonyl (C=S) groups is 1. The largest absolute Gasteiger partial charge is 0.486 e. The number of hydrogen-bond acceptors (Lipinski definition) is 4. The second-order valence-electron chi connectivity index (χ2n) is 5.50. The Morgan fingerprint density at radius 3 is 2.62 bits per heavy atom. The topological polar surface area (TPSA) is 45.8 Å². The number of hydrogen-bond donors (Lipinski definition) is 2. The summed E-state index contributed by atoms with van der Waals surface area (Å²) < 4.78 is 11.1. The Kier molecular flexibility index (Phi) is 5.38. The molecular formula is C18H21N3O2S. The fraction of sp³-hybridized carbons (Fsp3) is 0.278. The lowest BCUT2D eigenvalue weighted by atomic mass is 10.2. The summed E-state index contributed by atoms with van der Waals surface area (Å²) in [6.45, 7) is 2.77. The first kappa shape index (κ1) is 16.4. The molecule has 0 radical (unpaired) electrons. The molecule has 0 saturated heterocycles. The quantitative estimate of drug-likeness (QED) is 0.814. The molecule has 0 aromatic heterocycles. The van der Waals surface area contributed by atoms with Crippen LogP contribution in [0.2, 0.25) is 0 Å². The molecule has 24 heavy (non-hydrogen) atoms. The maximum absolute atomic E-state index is 5.57. The molecule has 0 unspecified atom stereocenters. The lowest BCUT2D eigenvalue weighted by Gasteiger charge is -2.21. The number of anilines is 2. The van der Waals surface area contributed by atoms with Crippen LogP contribution in [0.15, 0.2) is 48.5 Å². The van der Waals surface area contributed by atoms with Gasteiger partial charge in [-0.2, -0.15) is 0 Å². The van der Waals surface area contributed by atoms with E-state index in [-0.39, 0.29) is 0 Å². The summed E-state index contributed by atoms with van der Waals surface area (Å²) in [4.78, 5) is 2.18. The van der Waals surface area contributed by atoms with Gasteiger partial charge in [0.1, 0.15) is 13.2 Å². The van der Waals surface area contributed by atoms with Crippen LogP contribution in [-0.4, -0.2) is 38.5 Å². The third kappa shape index (κ3) is 4.29. The molecular weight excluding hydrogens is 322 g/mol. The first-order valence-electron chi connectivity index (χ1n) is 7.93. The maximum Gasteiger partial charge on any atom is 0.170 e. The van der Waals surface area contributed by atoms with Gasteiger partial charge >= 0.3 is 0 Å². The van der Waals surface area contributed by atoms with Crippen LogP contribution in [0.1, 0.15) is 0 Å². The molecule has 0 atom stereocenters. The first-order chi connectivity index (χ1) is 11.7. The number of rotatable bonds is 5. The van der Waals surface area contributed by atoms with Crippen molar-refractivity contribution in [2.24, 2.45) is 0 Å². The fourth-order valence-electron chi connectivity index (χ4n) is 2.45. The highest BCUT2D eigenvalue weighted by molar-refractivity contribution is 7.80. The van der Waals surface area contributed by atoms with Gasteiger partial charge in [0, 0.05) is 37.6 Å². The van der Waals surface area contributed by atoms with Crippen LogP contribution in [0, 0.1) is 0 Å². The van der Waals surface area contributed by atoms with Crippen molar-refractivity contribution in [2.75, 3.05) is 43.6 Å². The van der Waals surface area contributed by atoms with Crippen molar-refractivity contribution in [1.82, 2.24) is 5.32 Å². The smallest absolute Gasteiger partial charge is 0.170 e. The molecule has 2 N–H and O–H groups in total. The van der Waals surface area contributed by atoms with Gasteiger partial charge in [-0.05, 0) is 36.5 Å². The number of para-hydroxylation sites is 1. The molecule has 5 nitrogen and oxygen atoms in total. The number of fused-ring (bicyclic) bond motifs is 1. The highest BCUT2D eigenvalue weighted by Crippen LogP contribution is 2.32. The van der Waals surface area contributed by atoms with Crippen molar-refractivity contribution in [3.05, 3.63) is 48.5 Å². The number of ether oxygens (including phenoxy) is 2. The molecule has 0 bridgehead atoms. The monoisotopic (exact) mass is 343 g/mol. The average Bonchev–Trinajstić information content (AvgIpc) is 2.62. The van der Waals surface area contributed by atoms with Gasteiger partial charge in [-0.1, -0.05) is 18.2 Å². The van der Waals surface area contributed by atoms with Crippen molar-refractivity contribution < 1.29 is 9.47 Å². The zero-order valence-electron chi connectivity index (χ0n) is 13.6. The van der Waals surface area contributed by atoms with E-state index in [2.05, 4.69) is 34.7 Å². The van der Waals surface area contributed by atoms with Gasteiger partial charge in [0.2, 0.25) is 0 Å². The van der Waals surface area contributed by atoms with Crippen molar-refractivity contribution in [3.8, 4) is 11.5 Å². The van der Waals surface area contributed by atoms with Gasteiger partial charge in [0.25, 0.3) is 0 Å². The average molecular weight is 343 g/mol. The molecule has 0 aliphatic carbocycles. The molecule has 0 amide bonds. The molecule has 2 aromatic carbocycles. The molecule has 2 aromatic rings. The van der Waals surface area contributed by atoms with E-state index in [1.165, 1.54) is 5.69 Å². The van der Waals surface area contributed by atoms with E-state index in [4.69, 9.17) is 21.7 Å². The summed E-state index contributed by atoms with van der Waals surface area (Å²) in [5.41, 5.74) is 2.07. The Morgan fingerprint density at radius 2 is 1.83 bits per heavy atom. The highest BCUT2D eigenvalue weighted by atomic mass is 32.1. The SMILES string of the molecule is CN(CCNC(=S)Nc1ccc2c(c1)OCCO2)c1ccccc1.